The van der Waals surface area contributed by atoms with Crippen LogP contribution in [0.5, 0.6) is 0 Å². The first-order valence-electron chi connectivity index (χ1n) is 5.58. The van der Waals surface area contributed by atoms with Crippen LogP contribution in [0.1, 0.15) is 0 Å². The van der Waals surface area contributed by atoms with Crippen molar-refractivity contribution >= 4 is 11.9 Å². The van der Waals surface area contributed by atoms with Gasteiger partial charge < -0.3 is 9.80 Å². The van der Waals surface area contributed by atoms with E-state index in [9.17, 15) is 0 Å². The Bertz CT molecular complexity index is 520. The van der Waals surface area contributed by atoms with Crippen LogP contribution in [0, 0.1) is 0 Å². The minimum atomic E-state index is 0.671. The molecule has 0 amide bonds. The van der Waals surface area contributed by atoms with Crippen LogP contribution >= 0.6 is 0 Å². The van der Waals surface area contributed by atoms with E-state index in [1.54, 1.807) is 18.6 Å². The summed E-state index contributed by atoms with van der Waals surface area (Å²) in [6.07, 6.45) is 5.27. The first-order chi connectivity index (χ1) is 8.58. The van der Waals surface area contributed by atoms with E-state index in [0.29, 0.717) is 11.9 Å². The summed E-state index contributed by atoms with van der Waals surface area (Å²) >= 11 is 0. The largest absolute Gasteiger partial charge is 0.347 e. The van der Waals surface area contributed by atoms with Gasteiger partial charge in [0.25, 0.3) is 0 Å². The van der Waals surface area contributed by atoms with Crippen LogP contribution < -0.4 is 9.80 Å². The highest BCUT2D eigenvalue weighted by Gasteiger charge is 2.05. The van der Waals surface area contributed by atoms with E-state index < -0.39 is 0 Å². The number of hydrogen-bond acceptors (Lipinski definition) is 6. The maximum absolute atomic E-state index is 4.44. The Morgan fingerprint density at radius 3 is 2.00 bits per heavy atom. The van der Waals surface area contributed by atoms with E-state index in [1.165, 1.54) is 0 Å². The Labute approximate surface area is 106 Å². The van der Waals surface area contributed by atoms with Crippen molar-refractivity contribution in [2.75, 3.05) is 38.0 Å². The van der Waals surface area contributed by atoms with Crippen LogP contribution in [-0.4, -0.2) is 48.1 Å². The second-order valence-corrected chi connectivity index (χ2v) is 4.30. The van der Waals surface area contributed by atoms with E-state index >= 15 is 0 Å². The first-order valence-corrected chi connectivity index (χ1v) is 5.58. The predicted octanol–water partition coefficient (Wildman–Crippen LogP) is 1.07. The topological polar surface area (TPSA) is 58.0 Å². The van der Waals surface area contributed by atoms with Gasteiger partial charge in [-0.05, 0) is 6.07 Å². The number of nitrogens with zero attached hydrogens (tertiary/aromatic N) is 6. The van der Waals surface area contributed by atoms with Crippen molar-refractivity contribution < 1.29 is 0 Å². The van der Waals surface area contributed by atoms with Gasteiger partial charge in [-0.1, -0.05) is 0 Å². The Morgan fingerprint density at radius 2 is 1.44 bits per heavy atom. The van der Waals surface area contributed by atoms with Gasteiger partial charge in [0, 0.05) is 52.3 Å². The molecule has 2 aromatic heterocycles. The highest BCUT2D eigenvalue weighted by atomic mass is 15.2. The molecule has 94 valence electrons. The zero-order chi connectivity index (χ0) is 13.1. The van der Waals surface area contributed by atoms with E-state index in [4.69, 9.17) is 0 Å². The van der Waals surface area contributed by atoms with Gasteiger partial charge in [-0.25, -0.2) is 19.9 Å². The van der Waals surface area contributed by atoms with Crippen LogP contribution in [0.15, 0.2) is 24.7 Å². The van der Waals surface area contributed by atoms with Crippen LogP contribution in [0.4, 0.5) is 11.9 Å². The summed E-state index contributed by atoms with van der Waals surface area (Å²) < 4.78 is 0. The fourth-order valence-electron chi connectivity index (χ4n) is 1.41. The quantitative estimate of drug-likeness (QED) is 0.805. The lowest BCUT2D eigenvalue weighted by Crippen LogP contribution is -2.13. The van der Waals surface area contributed by atoms with Gasteiger partial charge in [0.2, 0.25) is 11.9 Å². The SMILES string of the molecule is CN(C)c1ncc(-c2ccnc(N(C)C)n2)cn1. The number of rotatable bonds is 3. The van der Waals surface area contributed by atoms with E-state index in [-0.39, 0.29) is 0 Å². The molecule has 0 bridgehead atoms. The molecule has 0 aliphatic rings. The third kappa shape index (κ3) is 2.53. The summed E-state index contributed by atoms with van der Waals surface area (Å²) in [5, 5.41) is 0. The van der Waals surface area contributed by atoms with Crippen molar-refractivity contribution in [3.63, 3.8) is 0 Å². The van der Waals surface area contributed by atoms with Gasteiger partial charge in [0.05, 0.1) is 5.69 Å². The molecule has 0 aromatic carbocycles. The summed E-state index contributed by atoms with van der Waals surface area (Å²) in [4.78, 5) is 20.9. The molecule has 0 aliphatic carbocycles. The Balaban J connectivity index is 2.33. The lowest BCUT2D eigenvalue weighted by molar-refractivity contribution is 0.987. The van der Waals surface area contributed by atoms with Crippen LogP contribution in [-0.2, 0) is 0 Å². The van der Waals surface area contributed by atoms with Crippen LogP contribution in [0.2, 0.25) is 0 Å². The third-order valence-electron chi connectivity index (χ3n) is 2.38. The second-order valence-electron chi connectivity index (χ2n) is 4.30. The molecule has 0 saturated carbocycles. The first kappa shape index (κ1) is 12.2. The highest BCUT2D eigenvalue weighted by Crippen LogP contribution is 2.17. The van der Waals surface area contributed by atoms with Gasteiger partial charge in [0.15, 0.2) is 0 Å². The molecule has 0 saturated heterocycles. The number of anilines is 2. The third-order valence-corrected chi connectivity index (χ3v) is 2.38. The minimum absolute atomic E-state index is 0.671. The molecule has 0 spiro atoms. The Morgan fingerprint density at radius 1 is 0.833 bits per heavy atom. The molecule has 6 nitrogen and oxygen atoms in total. The predicted molar refractivity (Wildman–Crippen MR) is 71.7 cm³/mol. The minimum Gasteiger partial charge on any atom is -0.347 e. The summed E-state index contributed by atoms with van der Waals surface area (Å²) in [6, 6.07) is 1.85. The van der Waals surface area contributed by atoms with Crippen molar-refractivity contribution in [1.82, 2.24) is 19.9 Å². The van der Waals surface area contributed by atoms with Crippen molar-refractivity contribution in [1.29, 1.82) is 0 Å². The molecule has 0 unspecified atom stereocenters. The van der Waals surface area contributed by atoms with E-state index in [2.05, 4.69) is 19.9 Å². The van der Waals surface area contributed by atoms with Crippen molar-refractivity contribution in [3.8, 4) is 11.3 Å². The van der Waals surface area contributed by atoms with Gasteiger partial charge in [-0.15, -0.1) is 0 Å². The summed E-state index contributed by atoms with van der Waals surface area (Å²) in [5.74, 6) is 1.35. The fraction of sp³-hybridized carbons (Fsp3) is 0.333. The van der Waals surface area contributed by atoms with Crippen LogP contribution in [0.3, 0.4) is 0 Å². The summed E-state index contributed by atoms with van der Waals surface area (Å²) in [7, 11) is 7.63. The molecular weight excluding hydrogens is 228 g/mol. The fourth-order valence-corrected chi connectivity index (χ4v) is 1.41. The van der Waals surface area contributed by atoms with Crippen molar-refractivity contribution in [2.45, 2.75) is 0 Å². The van der Waals surface area contributed by atoms with Crippen molar-refractivity contribution in [2.24, 2.45) is 0 Å². The molecule has 6 heteroatoms. The molecule has 2 rings (SSSR count). The molecular formula is C12H16N6. The standard InChI is InChI=1S/C12H16N6/c1-17(2)11-14-7-9(8-15-11)10-5-6-13-12(16-10)18(3)4/h5-8H,1-4H3. The van der Waals surface area contributed by atoms with Gasteiger partial charge in [-0.3, -0.25) is 0 Å². The second kappa shape index (κ2) is 4.95. The zero-order valence-corrected chi connectivity index (χ0v) is 11.0. The molecule has 2 heterocycles. The summed E-state index contributed by atoms with van der Waals surface area (Å²) in [5.41, 5.74) is 1.70. The molecule has 0 radical (unpaired) electrons. The summed E-state index contributed by atoms with van der Waals surface area (Å²) in [6.45, 7) is 0. The number of aromatic nitrogens is 4. The maximum Gasteiger partial charge on any atom is 0.225 e. The highest BCUT2D eigenvalue weighted by molar-refractivity contribution is 5.58. The van der Waals surface area contributed by atoms with Crippen molar-refractivity contribution in [3.05, 3.63) is 24.7 Å². The van der Waals surface area contributed by atoms with Gasteiger partial charge >= 0.3 is 0 Å². The zero-order valence-electron chi connectivity index (χ0n) is 11.0. The van der Waals surface area contributed by atoms with E-state index in [0.717, 1.165) is 11.3 Å². The lowest BCUT2D eigenvalue weighted by atomic mass is 10.2. The molecule has 0 atom stereocenters. The average molecular weight is 244 g/mol. The molecule has 2 aromatic rings. The maximum atomic E-state index is 4.44. The molecule has 0 N–H and O–H groups in total. The monoisotopic (exact) mass is 244 g/mol. The average Bonchev–Trinajstić information content (AvgIpc) is 2.39. The lowest BCUT2D eigenvalue weighted by Gasteiger charge is -2.11. The van der Waals surface area contributed by atoms with E-state index in [1.807, 2.05) is 44.1 Å². The Hall–Kier alpha value is -2.24. The smallest absolute Gasteiger partial charge is 0.225 e. The normalized spacial score (nSPS) is 10.2. The molecule has 0 aliphatic heterocycles. The van der Waals surface area contributed by atoms with Crippen LogP contribution in [0.25, 0.3) is 11.3 Å². The Kier molecular flexibility index (Phi) is 3.36. The molecule has 0 fully saturated rings. The molecule has 18 heavy (non-hydrogen) atoms. The number of hydrogen-bond donors (Lipinski definition) is 0. The van der Waals surface area contributed by atoms with Gasteiger partial charge in [0.1, 0.15) is 0 Å². The van der Waals surface area contributed by atoms with Gasteiger partial charge in [-0.2, -0.15) is 0 Å².